The van der Waals surface area contributed by atoms with Gasteiger partial charge >= 0.3 is 5.97 Å². The van der Waals surface area contributed by atoms with Crippen molar-refractivity contribution in [3.63, 3.8) is 0 Å². The molecular weight excluding hydrogens is 278 g/mol. The van der Waals surface area contributed by atoms with Gasteiger partial charge < -0.3 is 5.11 Å². The second-order valence-corrected chi connectivity index (χ2v) is 6.82. The second-order valence-electron chi connectivity index (χ2n) is 4.40. The predicted octanol–water partition coefficient (Wildman–Crippen LogP) is 4.15. The third-order valence-corrected chi connectivity index (χ3v) is 4.52. The number of carboxylic acid groups (broad SMARTS) is 1. The number of carbonyl (C=O) groups is 1. The summed E-state index contributed by atoms with van der Waals surface area (Å²) in [5.41, 5.74) is 2.96. The van der Waals surface area contributed by atoms with E-state index in [1.807, 2.05) is 23.9 Å². The number of hydrogen-bond donors (Lipinski definition) is 1. The average Bonchev–Trinajstić information content (AvgIpc) is 2.86. The highest BCUT2D eigenvalue weighted by molar-refractivity contribution is 7.99. The molecular formula is C14H15NO2S2. The molecule has 2 rings (SSSR count). The Morgan fingerprint density at radius 3 is 2.58 bits per heavy atom. The van der Waals surface area contributed by atoms with Crippen LogP contribution in [0.1, 0.15) is 29.2 Å². The quantitative estimate of drug-likeness (QED) is 0.899. The molecule has 1 N–H and O–H groups in total. The standard InChI is InChI=1S/C14H15NO2S2/c1-9(2)18-7-10-3-5-11(6-4-10)12-8-19-13(15-12)14(16)17/h3-6,8-9H,7H2,1-2H3,(H,16,17). The van der Waals surface area contributed by atoms with Gasteiger partial charge in [-0.15, -0.1) is 11.3 Å². The van der Waals surface area contributed by atoms with Crippen LogP contribution in [0.5, 0.6) is 0 Å². The van der Waals surface area contributed by atoms with Gasteiger partial charge in [-0.1, -0.05) is 38.1 Å². The van der Waals surface area contributed by atoms with Crippen LogP contribution in [0.4, 0.5) is 0 Å². The van der Waals surface area contributed by atoms with E-state index in [1.165, 1.54) is 5.56 Å². The lowest BCUT2D eigenvalue weighted by Crippen LogP contribution is -1.94. The summed E-state index contributed by atoms with van der Waals surface area (Å²) >= 11 is 3.06. The van der Waals surface area contributed by atoms with E-state index < -0.39 is 5.97 Å². The van der Waals surface area contributed by atoms with Gasteiger partial charge in [-0.2, -0.15) is 11.8 Å². The minimum Gasteiger partial charge on any atom is -0.476 e. The van der Waals surface area contributed by atoms with E-state index in [1.54, 1.807) is 5.38 Å². The molecule has 1 aromatic heterocycles. The molecule has 0 unspecified atom stereocenters. The maximum absolute atomic E-state index is 10.8. The van der Waals surface area contributed by atoms with E-state index in [0.29, 0.717) is 5.25 Å². The Kier molecular flexibility index (Phi) is 4.61. The highest BCUT2D eigenvalue weighted by Crippen LogP contribution is 2.24. The summed E-state index contributed by atoms with van der Waals surface area (Å²) in [5.74, 6) is 0.0243. The summed E-state index contributed by atoms with van der Waals surface area (Å²) in [6.07, 6.45) is 0. The van der Waals surface area contributed by atoms with Gasteiger partial charge in [0.15, 0.2) is 0 Å². The van der Waals surface area contributed by atoms with Gasteiger partial charge in [0, 0.05) is 16.7 Å². The lowest BCUT2D eigenvalue weighted by atomic mass is 10.1. The Balaban J connectivity index is 2.10. The number of nitrogens with zero attached hydrogens (tertiary/aromatic N) is 1. The zero-order valence-corrected chi connectivity index (χ0v) is 12.4. The van der Waals surface area contributed by atoms with Gasteiger partial charge in [0.05, 0.1) is 5.69 Å². The number of aromatic carboxylic acids is 1. The summed E-state index contributed by atoms with van der Waals surface area (Å²) < 4.78 is 0. The summed E-state index contributed by atoms with van der Waals surface area (Å²) in [6, 6.07) is 8.14. The van der Waals surface area contributed by atoms with Crippen LogP contribution < -0.4 is 0 Å². The van der Waals surface area contributed by atoms with E-state index in [2.05, 4.69) is 31.0 Å². The van der Waals surface area contributed by atoms with Crippen LogP contribution in [-0.2, 0) is 5.75 Å². The first-order chi connectivity index (χ1) is 9.06. The number of benzene rings is 1. The molecule has 0 fully saturated rings. The van der Waals surface area contributed by atoms with Crippen LogP contribution in [0, 0.1) is 0 Å². The van der Waals surface area contributed by atoms with Crippen molar-refractivity contribution < 1.29 is 9.90 Å². The van der Waals surface area contributed by atoms with E-state index in [-0.39, 0.29) is 5.01 Å². The molecule has 0 amide bonds. The monoisotopic (exact) mass is 293 g/mol. The van der Waals surface area contributed by atoms with Crippen molar-refractivity contribution in [3.05, 3.63) is 40.2 Å². The third-order valence-electron chi connectivity index (χ3n) is 2.52. The molecule has 2 aromatic rings. The van der Waals surface area contributed by atoms with E-state index in [9.17, 15) is 4.79 Å². The Hall–Kier alpha value is -1.33. The van der Waals surface area contributed by atoms with Crippen molar-refractivity contribution in [2.24, 2.45) is 0 Å². The third kappa shape index (κ3) is 3.81. The van der Waals surface area contributed by atoms with Gasteiger partial charge in [0.1, 0.15) is 0 Å². The number of rotatable bonds is 5. The Morgan fingerprint density at radius 2 is 2.05 bits per heavy atom. The van der Waals surface area contributed by atoms with Crippen molar-refractivity contribution in [2.45, 2.75) is 24.9 Å². The normalized spacial score (nSPS) is 10.9. The van der Waals surface area contributed by atoms with E-state index in [4.69, 9.17) is 5.11 Å². The van der Waals surface area contributed by atoms with Crippen LogP contribution in [0.15, 0.2) is 29.6 Å². The fourth-order valence-corrected chi connectivity index (χ4v) is 2.92. The van der Waals surface area contributed by atoms with E-state index in [0.717, 1.165) is 28.3 Å². The molecule has 0 radical (unpaired) electrons. The molecule has 19 heavy (non-hydrogen) atoms. The van der Waals surface area contributed by atoms with Gasteiger partial charge in [0.25, 0.3) is 0 Å². The van der Waals surface area contributed by atoms with Gasteiger partial charge in [-0.05, 0) is 10.8 Å². The molecule has 5 heteroatoms. The first kappa shape index (κ1) is 14.1. The molecule has 0 aliphatic rings. The molecule has 0 aliphatic heterocycles. The highest BCUT2D eigenvalue weighted by Gasteiger charge is 2.10. The zero-order valence-electron chi connectivity index (χ0n) is 10.8. The van der Waals surface area contributed by atoms with Crippen LogP contribution in [0.2, 0.25) is 0 Å². The smallest absolute Gasteiger partial charge is 0.365 e. The first-order valence-corrected chi connectivity index (χ1v) is 7.89. The van der Waals surface area contributed by atoms with Crippen molar-refractivity contribution in [2.75, 3.05) is 0 Å². The lowest BCUT2D eigenvalue weighted by molar-refractivity contribution is 0.0696. The second kappa shape index (κ2) is 6.21. The maximum atomic E-state index is 10.8. The van der Waals surface area contributed by atoms with Gasteiger partial charge in [0.2, 0.25) is 5.01 Å². The molecule has 0 atom stereocenters. The minimum atomic E-state index is -0.971. The molecule has 3 nitrogen and oxygen atoms in total. The minimum absolute atomic E-state index is 0.134. The maximum Gasteiger partial charge on any atom is 0.365 e. The number of thioether (sulfide) groups is 1. The first-order valence-electron chi connectivity index (χ1n) is 5.96. The van der Waals surface area contributed by atoms with Crippen molar-refractivity contribution >= 4 is 29.1 Å². The number of carboxylic acids is 1. The van der Waals surface area contributed by atoms with Crippen molar-refractivity contribution in [3.8, 4) is 11.3 Å². The molecule has 0 saturated heterocycles. The zero-order chi connectivity index (χ0) is 13.8. The molecule has 0 bridgehead atoms. The average molecular weight is 293 g/mol. The fraction of sp³-hybridized carbons (Fsp3) is 0.286. The Morgan fingerprint density at radius 1 is 1.37 bits per heavy atom. The number of hydrogen-bond acceptors (Lipinski definition) is 4. The fourth-order valence-electron chi connectivity index (χ4n) is 1.54. The SMILES string of the molecule is CC(C)SCc1ccc(-c2csc(C(=O)O)n2)cc1. The topological polar surface area (TPSA) is 50.2 Å². The van der Waals surface area contributed by atoms with Gasteiger partial charge in [-0.3, -0.25) is 0 Å². The van der Waals surface area contributed by atoms with Crippen molar-refractivity contribution in [1.82, 2.24) is 4.98 Å². The van der Waals surface area contributed by atoms with E-state index >= 15 is 0 Å². The molecule has 1 heterocycles. The number of thiazole rings is 1. The molecule has 0 saturated carbocycles. The van der Waals surface area contributed by atoms with Crippen LogP contribution in [0.25, 0.3) is 11.3 Å². The molecule has 0 aliphatic carbocycles. The van der Waals surface area contributed by atoms with Gasteiger partial charge in [-0.25, -0.2) is 9.78 Å². The predicted molar refractivity (Wildman–Crippen MR) is 80.9 cm³/mol. The van der Waals surface area contributed by atoms with Crippen molar-refractivity contribution in [1.29, 1.82) is 0 Å². The Bertz CT molecular complexity index is 561. The van der Waals surface area contributed by atoms with Crippen LogP contribution >= 0.6 is 23.1 Å². The summed E-state index contributed by atoms with van der Waals surface area (Å²) in [7, 11) is 0. The largest absolute Gasteiger partial charge is 0.476 e. The molecule has 1 aromatic carbocycles. The molecule has 0 spiro atoms. The number of aromatic nitrogens is 1. The summed E-state index contributed by atoms with van der Waals surface area (Å²) in [6.45, 7) is 4.36. The van der Waals surface area contributed by atoms with Crippen LogP contribution in [-0.4, -0.2) is 21.3 Å². The summed E-state index contributed by atoms with van der Waals surface area (Å²) in [5, 5.41) is 11.4. The lowest BCUT2D eigenvalue weighted by Gasteiger charge is -2.05. The van der Waals surface area contributed by atoms with Crippen LogP contribution in [0.3, 0.4) is 0 Å². The summed E-state index contributed by atoms with van der Waals surface area (Å²) in [4.78, 5) is 14.9. The molecule has 100 valence electrons. The highest BCUT2D eigenvalue weighted by atomic mass is 32.2. The Labute approximate surface area is 120 Å².